The molecule has 0 fully saturated rings. The van der Waals surface area contributed by atoms with Crippen molar-refractivity contribution in [2.75, 3.05) is 6.61 Å². The molecule has 10 nitrogen and oxygen atoms in total. The zero-order valence-electron chi connectivity index (χ0n) is 16.3. The van der Waals surface area contributed by atoms with Crippen molar-refractivity contribution in [3.05, 3.63) is 0 Å². The van der Waals surface area contributed by atoms with Gasteiger partial charge in [-0.15, -0.1) is 0 Å². The van der Waals surface area contributed by atoms with Crippen molar-refractivity contribution >= 4 is 27.1 Å². The van der Waals surface area contributed by atoms with Gasteiger partial charge in [-0.1, -0.05) is 20.8 Å². The Labute approximate surface area is 160 Å². The van der Waals surface area contributed by atoms with Crippen molar-refractivity contribution in [1.82, 2.24) is 5.09 Å². The van der Waals surface area contributed by atoms with Crippen LogP contribution in [0, 0.1) is 5.41 Å². The molecule has 12 heteroatoms. The van der Waals surface area contributed by atoms with Gasteiger partial charge in [0, 0.05) is 25.7 Å². The monoisotopic (exact) mass is 430 g/mol. The minimum Gasteiger partial charge on any atom is -0.313 e. The highest BCUT2D eigenvalue weighted by atomic mass is 31.2. The van der Waals surface area contributed by atoms with E-state index in [1.807, 2.05) is 25.9 Å². The van der Waals surface area contributed by atoms with Crippen LogP contribution in [0.5, 0.6) is 0 Å². The van der Waals surface area contributed by atoms with Crippen LogP contribution in [0.25, 0.3) is 0 Å². The molecule has 0 aromatic heterocycles. The molecular weight excluding hydrogens is 398 g/mol. The van der Waals surface area contributed by atoms with E-state index in [2.05, 4.69) is 4.52 Å². The van der Waals surface area contributed by atoms with Crippen molar-refractivity contribution < 1.29 is 37.9 Å². The molecule has 160 valence electrons. The minimum absolute atomic E-state index is 0.0120. The molecule has 0 aromatic carbocycles. The van der Waals surface area contributed by atoms with Crippen molar-refractivity contribution in [3.8, 4) is 0 Å². The largest absolute Gasteiger partial charge is 0.400 e. The fraction of sp³-hybridized carbons (Fsp3) is 0.867. The topological polar surface area (TPSA) is 176 Å². The Hall–Kier alpha value is -0.440. The SMILES string of the molecule is CC(C)(C)CCC(=O)CCC(=O)CCC(C)(COP(N)(=O)O)NP(=O)(O)O. The molecule has 2 unspecified atom stereocenters. The summed E-state index contributed by atoms with van der Waals surface area (Å²) in [5.74, 6) is -0.264. The van der Waals surface area contributed by atoms with Crippen LogP contribution in [-0.4, -0.2) is 38.4 Å². The zero-order chi connectivity index (χ0) is 21.5. The molecule has 0 aliphatic rings. The minimum atomic E-state index is -4.69. The van der Waals surface area contributed by atoms with E-state index in [0.717, 1.165) is 6.42 Å². The van der Waals surface area contributed by atoms with Crippen LogP contribution in [0.2, 0.25) is 0 Å². The molecule has 0 saturated heterocycles. The fourth-order valence-electron chi connectivity index (χ4n) is 2.21. The number of carbonyl (C=O) groups is 2. The van der Waals surface area contributed by atoms with E-state index in [0.29, 0.717) is 6.42 Å². The molecule has 0 saturated carbocycles. The van der Waals surface area contributed by atoms with E-state index in [-0.39, 0.29) is 42.7 Å². The lowest BCUT2D eigenvalue weighted by Gasteiger charge is -2.30. The van der Waals surface area contributed by atoms with Gasteiger partial charge >= 0.3 is 15.5 Å². The smallest absolute Gasteiger partial charge is 0.313 e. The van der Waals surface area contributed by atoms with E-state index >= 15 is 0 Å². The van der Waals surface area contributed by atoms with Crippen LogP contribution in [0.15, 0.2) is 0 Å². The maximum Gasteiger partial charge on any atom is 0.400 e. The quantitative estimate of drug-likeness (QED) is 0.272. The molecule has 0 heterocycles. The molecule has 27 heavy (non-hydrogen) atoms. The third-order valence-corrected chi connectivity index (χ3v) is 5.11. The van der Waals surface area contributed by atoms with Gasteiger partial charge in [-0.25, -0.2) is 19.7 Å². The van der Waals surface area contributed by atoms with Crippen molar-refractivity contribution in [1.29, 1.82) is 0 Å². The summed E-state index contributed by atoms with van der Waals surface area (Å²) < 4.78 is 26.8. The summed E-state index contributed by atoms with van der Waals surface area (Å²) in [6.07, 6.45) is 1.10. The van der Waals surface area contributed by atoms with Gasteiger partial charge in [0.1, 0.15) is 11.6 Å². The predicted molar refractivity (Wildman–Crippen MR) is 101 cm³/mol. The first-order chi connectivity index (χ1) is 11.9. The summed E-state index contributed by atoms with van der Waals surface area (Å²) >= 11 is 0. The Kier molecular flexibility index (Phi) is 10.2. The highest BCUT2D eigenvalue weighted by molar-refractivity contribution is 7.50. The Morgan fingerprint density at radius 3 is 1.74 bits per heavy atom. The molecule has 0 radical (unpaired) electrons. The molecule has 0 aliphatic carbocycles. The Morgan fingerprint density at radius 2 is 1.37 bits per heavy atom. The molecular formula is C15H32N2O8P2. The van der Waals surface area contributed by atoms with Crippen molar-refractivity contribution in [2.45, 2.75) is 71.8 Å². The summed E-state index contributed by atoms with van der Waals surface area (Å²) in [5, 5.41) is 2.00. The van der Waals surface area contributed by atoms with Gasteiger partial charge < -0.3 is 14.7 Å². The number of ketones is 2. The number of nitrogens with two attached hydrogens (primary N) is 1. The lowest BCUT2D eigenvalue weighted by atomic mass is 9.88. The maximum absolute atomic E-state index is 12.0. The molecule has 6 N–H and O–H groups in total. The molecule has 0 bridgehead atoms. The normalized spacial score (nSPS) is 17.2. The van der Waals surface area contributed by atoms with Gasteiger partial charge in [0.2, 0.25) is 0 Å². The Bertz CT molecular complexity index is 607. The molecule has 0 amide bonds. The second kappa shape index (κ2) is 10.4. The zero-order valence-corrected chi connectivity index (χ0v) is 18.1. The van der Waals surface area contributed by atoms with Gasteiger partial charge in [-0.3, -0.25) is 14.1 Å². The third kappa shape index (κ3) is 16.2. The Morgan fingerprint density at radius 1 is 0.926 bits per heavy atom. The third-order valence-electron chi connectivity index (χ3n) is 3.78. The summed E-state index contributed by atoms with van der Waals surface area (Å²) in [4.78, 5) is 51.1. The maximum atomic E-state index is 12.0. The van der Waals surface area contributed by atoms with Gasteiger partial charge in [0.25, 0.3) is 0 Å². The number of hydrogen-bond donors (Lipinski definition) is 5. The number of hydrogen-bond acceptors (Lipinski definition) is 5. The van der Waals surface area contributed by atoms with E-state index in [4.69, 9.17) is 20.2 Å². The van der Waals surface area contributed by atoms with Crippen LogP contribution in [0.3, 0.4) is 0 Å². The highest BCUT2D eigenvalue weighted by Crippen LogP contribution is 2.38. The van der Waals surface area contributed by atoms with E-state index in [1.54, 1.807) is 0 Å². The van der Waals surface area contributed by atoms with Gasteiger partial charge in [-0.2, -0.15) is 0 Å². The second-order valence-corrected chi connectivity index (χ2v) is 10.9. The first-order valence-electron chi connectivity index (χ1n) is 8.55. The standard InChI is InChI=1S/C15H32N2O8P2/c1-14(2,3)9-7-12(18)5-6-13(19)8-10-15(4,17-27(22,23)24)11-25-26(16,20)21/h5-11H2,1-4H3,(H3,16,20,21)(H3,17,22,23,24). The molecule has 0 spiro atoms. The summed E-state index contributed by atoms with van der Waals surface area (Å²) in [6, 6.07) is 0. The van der Waals surface area contributed by atoms with Crippen LogP contribution >= 0.6 is 15.5 Å². The van der Waals surface area contributed by atoms with Crippen molar-refractivity contribution in [3.63, 3.8) is 0 Å². The Balaban J connectivity index is 4.59. The molecule has 0 aromatic rings. The summed E-state index contributed by atoms with van der Waals surface area (Å²) in [6.45, 7) is 6.82. The average molecular weight is 430 g/mol. The second-order valence-electron chi connectivity index (χ2n) is 8.19. The number of carbonyl (C=O) groups excluding carboxylic acids is 2. The molecule has 0 aliphatic heterocycles. The summed E-state index contributed by atoms with van der Waals surface area (Å²) in [5.41, 5.74) is 3.44. The number of Topliss-reactive ketones (excluding diaryl/α,β-unsaturated/α-hetero) is 2. The van der Waals surface area contributed by atoms with Crippen LogP contribution in [0.4, 0.5) is 0 Å². The number of rotatable bonds is 13. The highest BCUT2D eigenvalue weighted by Gasteiger charge is 2.34. The van der Waals surface area contributed by atoms with Crippen LogP contribution < -0.4 is 10.6 Å². The number of nitrogens with one attached hydrogen (secondary N) is 1. The van der Waals surface area contributed by atoms with E-state index in [1.165, 1.54) is 6.92 Å². The molecule has 2 atom stereocenters. The lowest BCUT2D eigenvalue weighted by Crippen LogP contribution is -2.44. The predicted octanol–water partition coefficient (Wildman–Crippen LogP) is 2.03. The first-order valence-corrected chi connectivity index (χ1v) is 11.8. The first kappa shape index (κ1) is 26.6. The summed E-state index contributed by atoms with van der Waals surface area (Å²) in [7, 11) is -9.04. The van der Waals surface area contributed by atoms with Crippen LogP contribution in [-0.2, 0) is 23.2 Å². The van der Waals surface area contributed by atoms with Crippen molar-refractivity contribution in [2.24, 2.45) is 10.9 Å². The fourth-order valence-corrected chi connectivity index (χ4v) is 3.55. The van der Waals surface area contributed by atoms with E-state index < -0.39 is 27.6 Å². The van der Waals surface area contributed by atoms with Gasteiger partial charge in [0.15, 0.2) is 0 Å². The van der Waals surface area contributed by atoms with E-state index in [9.17, 15) is 18.7 Å². The molecule has 0 rings (SSSR count). The van der Waals surface area contributed by atoms with Gasteiger partial charge in [-0.05, 0) is 25.2 Å². The average Bonchev–Trinajstić information content (AvgIpc) is 2.44. The lowest BCUT2D eigenvalue weighted by molar-refractivity contribution is -0.124. The van der Waals surface area contributed by atoms with Gasteiger partial charge in [0.05, 0.1) is 12.1 Å². The van der Waals surface area contributed by atoms with Crippen LogP contribution in [0.1, 0.15) is 66.2 Å².